The highest BCUT2D eigenvalue weighted by Gasteiger charge is 2.31. The molecule has 0 spiro atoms. The molecular weight excluding hydrogens is 387 g/mol. The first-order chi connectivity index (χ1) is 13.7. The van der Waals surface area contributed by atoms with Crippen LogP contribution in [0.4, 0.5) is 13.2 Å². The van der Waals surface area contributed by atoms with E-state index in [1.807, 2.05) is 0 Å². The summed E-state index contributed by atoms with van der Waals surface area (Å²) in [7, 11) is 0. The first kappa shape index (κ1) is 18.9. The number of carbonyl (C=O) groups excluding carboxylic acids is 1. The summed E-state index contributed by atoms with van der Waals surface area (Å²) < 4.78 is 41.5. The topological polar surface area (TPSA) is 73.0 Å². The molecule has 1 aromatic carbocycles. The molecule has 3 heterocycles. The number of rotatable bonds is 3. The molecule has 3 aromatic rings. The molecule has 1 aliphatic rings. The maximum atomic E-state index is 12.9. The van der Waals surface area contributed by atoms with Crippen LogP contribution in [0.25, 0.3) is 5.69 Å². The van der Waals surface area contributed by atoms with Gasteiger partial charge in [0.05, 0.1) is 5.56 Å². The number of halogens is 3. The van der Waals surface area contributed by atoms with Crippen LogP contribution in [-0.2, 0) is 19.3 Å². The summed E-state index contributed by atoms with van der Waals surface area (Å²) in [5, 5.41) is 4.11. The zero-order valence-electron chi connectivity index (χ0n) is 15.3. The lowest BCUT2D eigenvalue weighted by Gasteiger charge is -2.30. The summed E-state index contributed by atoms with van der Waals surface area (Å²) in [5.74, 6) is 0.0996. The van der Waals surface area contributed by atoms with Gasteiger partial charge in [-0.15, -0.1) is 0 Å². The van der Waals surface area contributed by atoms with Crippen LogP contribution in [0.15, 0.2) is 47.5 Å². The lowest BCUT2D eigenvalue weighted by Crippen LogP contribution is -2.44. The summed E-state index contributed by atoms with van der Waals surface area (Å²) in [6, 6.07) is 7.90. The van der Waals surface area contributed by atoms with Gasteiger partial charge in [-0.1, -0.05) is 12.1 Å². The molecule has 0 N–H and O–H groups in total. The molecular formula is C19H16F3N5O2. The van der Waals surface area contributed by atoms with Crippen molar-refractivity contribution in [2.75, 3.05) is 6.54 Å². The Morgan fingerprint density at radius 3 is 2.59 bits per heavy atom. The van der Waals surface area contributed by atoms with E-state index in [9.17, 15) is 22.8 Å². The van der Waals surface area contributed by atoms with Crippen molar-refractivity contribution in [1.82, 2.24) is 24.2 Å². The Kier molecular flexibility index (Phi) is 4.48. The third kappa shape index (κ3) is 3.53. The molecule has 29 heavy (non-hydrogen) atoms. The average Bonchev–Trinajstić information content (AvgIpc) is 3.10. The zero-order valence-corrected chi connectivity index (χ0v) is 15.3. The molecule has 2 aromatic heterocycles. The quantitative estimate of drug-likeness (QED) is 0.673. The van der Waals surface area contributed by atoms with Crippen LogP contribution in [0, 0.1) is 6.92 Å². The maximum absolute atomic E-state index is 12.9. The van der Waals surface area contributed by atoms with Gasteiger partial charge in [-0.2, -0.15) is 18.3 Å². The Bertz CT molecular complexity index is 1150. The van der Waals surface area contributed by atoms with Gasteiger partial charge in [0.2, 0.25) is 0 Å². The Labute approximate surface area is 163 Å². The summed E-state index contributed by atoms with van der Waals surface area (Å²) in [6.45, 7) is 2.17. The van der Waals surface area contributed by atoms with Gasteiger partial charge < -0.3 is 9.47 Å². The minimum Gasteiger partial charge on any atom is -0.331 e. The van der Waals surface area contributed by atoms with E-state index in [0.29, 0.717) is 11.4 Å². The van der Waals surface area contributed by atoms with Crippen LogP contribution >= 0.6 is 0 Å². The van der Waals surface area contributed by atoms with Crippen LogP contribution in [0.3, 0.4) is 0 Å². The van der Waals surface area contributed by atoms with Gasteiger partial charge in [-0.25, -0.2) is 9.67 Å². The summed E-state index contributed by atoms with van der Waals surface area (Å²) >= 11 is 0. The zero-order chi connectivity index (χ0) is 20.8. The fraction of sp³-hybridized carbons (Fsp3) is 0.263. The van der Waals surface area contributed by atoms with Gasteiger partial charge in [0.1, 0.15) is 23.5 Å². The molecule has 0 unspecified atom stereocenters. The number of benzene rings is 1. The van der Waals surface area contributed by atoms with E-state index in [4.69, 9.17) is 0 Å². The van der Waals surface area contributed by atoms with Crippen LogP contribution in [0.1, 0.15) is 27.4 Å². The highest BCUT2D eigenvalue weighted by molar-refractivity contribution is 5.93. The van der Waals surface area contributed by atoms with Crippen LogP contribution < -0.4 is 5.56 Å². The predicted molar refractivity (Wildman–Crippen MR) is 96.5 cm³/mol. The second kappa shape index (κ2) is 6.87. The van der Waals surface area contributed by atoms with E-state index in [-0.39, 0.29) is 36.6 Å². The first-order valence-electron chi connectivity index (χ1n) is 8.82. The second-order valence-electron chi connectivity index (χ2n) is 6.72. The molecule has 7 nitrogen and oxygen atoms in total. The van der Waals surface area contributed by atoms with E-state index in [1.165, 1.54) is 38.7 Å². The van der Waals surface area contributed by atoms with Gasteiger partial charge in [-0.05, 0) is 36.8 Å². The van der Waals surface area contributed by atoms with Crippen LogP contribution in [0.5, 0.6) is 0 Å². The predicted octanol–water partition coefficient (Wildman–Crippen LogP) is 2.41. The third-order valence-corrected chi connectivity index (χ3v) is 4.73. The normalized spacial score (nSPS) is 14.2. The third-order valence-electron chi connectivity index (χ3n) is 4.73. The molecule has 1 amide bonds. The number of pyridine rings is 1. The van der Waals surface area contributed by atoms with Crippen molar-refractivity contribution in [3.05, 3.63) is 75.7 Å². The van der Waals surface area contributed by atoms with Gasteiger partial charge in [0.25, 0.3) is 11.5 Å². The van der Waals surface area contributed by atoms with Crippen molar-refractivity contribution < 1.29 is 18.0 Å². The summed E-state index contributed by atoms with van der Waals surface area (Å²) in [6.07, 6.45) is -3.03. The Balaban J connectivity index is 1.61. The standard InChI is InChI=1S/C19H16F3N5O2/c1-12-23-11-27(24-12)16-6-5-15-17(28)25(7-8-26(15)18(16)29)10-13-3-2-4-14(9-13)19(20,21)22/h2-6,9,11H,7-8,10H2,1H3. The van der Waals surface area contributed by atoms with E-state index in [0.717, 1.165) is 12.1 Å². The van der Waals surface area contributed by atoms with Crippen molar-refractivity contribution in [3.63, 3.8) is 0 Å². The fourth-order valence-corrected chi connectivity index (χ4v) is 3.31. The lowest BCUT2D eigenvalue weighted by molar-refractivity contribution is -0.137. The molecule has 1 aliphatic heterocycles. The molecule has 0 fully saturated rings. The van der Waals surface area contributed by atoms with Crippen molar-refractivity contribution >= 4 is 5.91 Å². The number of nitrogens with zero attached hydrogens (tertiary/aromatic N) is 5. The number of fused-ring (bicyclic) bond motifs is 1. The number of carbonyl (C=O) groups is 1. The molecule has 0 saturated heterocycles. The highest BCUT2D eigenvalue weighted by Crippen LogP contribution is 2.30. The molecule has 0 atom stereocenters. The minimum atomic E-state index is -4.45. The monoisotopic (exact) mass is 403 g/mol. The number of alkyl halides is 3. The Morgan fingerprint density at radius 2 is 1.90 bits per heavy atom. The van der Waals surface area contributed by atoms with Gasteiger partial charge in [0.15, 0.2) is 0 Å². The van der Waals surface area contributed by atoms with Crippen LogP contribution in [0.2, 0.25) is 0 Å². The van der Waals surface area contributed by atoms with E-state index < -0.39 is 17.6 Å². The van der Waals surface area contributed by atoms with Crippen molar-refractivity contribution in [3.8, 4) is 5.69 Å². The molecule has 4 rings (SSSR count). The SMILES string of the molecule is Cc1ncn(-c2ccc3n(c2=O)CCN(Cc2cccc(C(F)(F)F)c2)C3=O)n1. The van der Waals surface area contributed by atoms with Crippen molar-refractivity contribution in [1.29, 1.82) is 0 Å². The van der Waals surface area contributed by atoms with Gasteiger partial charge >= 0.3 is 6.18 Å². The van der Waals surface area contributed by atoms with Crippen molar-refractivity contribution in [2.45, 2.75) is 26.2 Å². The fourth-order valence-electron chi connectivity index (χ4n) is 3.31. The number of aryl methyl sites for hydroxylation is 1. The summed E-state index contributed by atoms with van der Waals surface area (Å²) in [4.78, 5) is 31.0. The van der Waals surface area contributed by atoms with Crippen molar-refractivity contribution in [2.24, 2.45) is 0 Å². The van der Waals surface area contributed by atoms with E-state index >= 15 is 0 Å². The number of hydrogen-bond donors (Lipinski definition) is 0. The minimum absolute atomic E-state index is 0.0287. The van der Waals surface area contributed by atoms with E-state index in [2.05, 4.69) is 10.1 Å². The lowest BCUT2D eigenvalue weighted by atomic mass is 10.1. The van der Waals surface area contributed by atoms with Gasteiger partial charge in [-0.3, -0.25) is 9.59 Å². The number of aromatic nitrogens is 4. The second-order valence-corrected chi connectivity index (χ2v) is 6.72. The Morgan fingerprint density at radius 1 is 1.10 bits per heavy atom. The molecule has 150 valence electrons. The molecule has 0 saturated carbocycles. The Hall–Kier alpha value is -3.43. The van der Waals surface area contributed by atoms with E-state index in [1.54, 1.807) is 13.0 Å². The molecule has 0 aliphatic carbocycles. The largest absolute Gasteiger partial charge is 0.416 e. The van der Waals surface area contributed by atoms with Crippen LogP contribution in [-0.4, -0.2) is 36.7 Å². The smallest absolute Gasteiger partial charge is 0.331 e. The number of hydrogen-bond acceptors (Lipinski definition) is 4. The van der Waals surface area contributed by atoms with Gasteiger partial charge in [0, 0.05) is 19.6 Å². The number of amides is 1. The molecule has 0 radical (unpaired) electrons. The highest BCUT2D eigenvalue weighted by atomic mass is 19.4. The first-order valence-corrected chi connectivity index (χ1v) is 8.82. The molecule has 10 heteroatoms. The maximum Gasteiger partial charge on any atom is 0.416 e. The molecule has 0 bridgehead atoms. The average molecular weight is 403 g/mol. The summed E-state index contributed by atoms with van der Waals surface area (Å²) in [5.41, 5.74) is -0.302.